The number of fused-ring (bicyclic) bond motifs is 1. The second-order valence-corrected chi connectivity index (χ2v) is 6.15. The Morgan fingerprint density at radius 2 is 2.22 bits per heavy atom. The van der Waals surface area contributed by atoms with Crippen LogP contribution in [0.15, 0.2) is 0 Å². The van der Waals surface area contributed by atoms with Crippen LogP contribution in [0.25, 0.3) is 0 Å². The van der Waals surface area contributed by atoms with Crippen molar-refractivity contribution in [1.82, 2.24) is 14.9 Å². The lowest BCUT2D eigenvalue weighted by Crippen LogP contribution is -2.51. The van der Waals surface area contributed by atoms with Crippen molar-refractivity contribution >= 4 is 0 Å². The summed E-state index contributed by atoms with van der Waals surface area (Å²) < 4.78 is 8.05. The summed E-state index contributed by atoms with van der Waals surface area (Å²) in [7, 11) is 1.82. The minimum atomic E-state index is 0.207. The molecule has 0 saturated heterocycles. The minimum absolute atomic E-state index is 0.207. The Labute approximate surface area is 109 Å². The van der Waals surface area contributed by atoms with Gasteiger partial charge in [-0.05, 0) is 13.3 Å². The summed E-state index contributed by atoms with van der Waals surface area (Å²) in [5.74, 6) is 1.16. The fraction of sp³-hybridized carbons (Fsp3) is 0.786. The molecule has 0 amide bonds. The van der Waals surface area contributed by atoms with Crippen molar-refractivity contribution in [3.8, 4) is 0 Å². The Hall–Kier alpha value is -0.870. The van der Waals surface area contributed by atoms with Crippen LogP contribution in [0.4, 0.5) is 0 Å². The van der Waals surface area contributed by atoms with Crippen LogP contribution in [0.5, 0.6) is 0 Å². The highest BCUT2D eigenvalue weighted by atomic mass is 16.5. The molecule has 1 saturated carbocycles. The summed E-state index contributed by atoms with van der Waals surface area (Å²) in [5.41, 5.74) is 2.90. The highest BCUT2D eigenvalue weighted by molar-refractivity contribution is 5.23. The summed E-state index contributed by atoms with van der Waals surface area (Å²) >= 11 is 0. The smallest absolute Gasteiger partial charge is 0.106 e. The Morgan fingerprint density at radius 1 is 1.44 bits per heavy atom. The van der Waals surface area contributed by atoms with Crippen LogP contribution >= 0.6 is 0 Å². The first kappa shape index (κ1) is 12.2. The topological polar surface area (TPSA) is 39.1 Å². The minimum Gasteiger partial charge on any atom is -0.381 e. The zero-order chi connectivity index (χ0) is 12.9. The number of rotatable bonds is 2. The van der Waals surface area contributed by atoms with Crippen molar-refractivity contribution in [2.75, 3.05) is 13.7 Å². The molecule has 1 aromatic rings. The standard InChI is InChI=1S/C14H23N3O/c1-9-16-10-8-15-6-5-11(10)17(9)12-7-13(18-4)14(12,2)3/h12-13,15H,5-8H2,1-4H3. The Morgan fingerprint density at radius 3 is 2.89 bits per heavy atom. The van der Waals surface area contributed by atoms with E-state index in [4.69, 9.17) is 9.72 Å². The third kappa shape index (κ3) is 1.55. The van der Waals surface area contributed by atoms with E-state index in [0.29, 0.717) is 12.1 Å². The number of nitrogens with one attached hydrogen (secondary N) is 1. The van der Waals surface area contributed by atoms with Crippen LogP contribution < -0.4 is 5.32 Å². The lowest BCUT2D eigenvalue weighted by atomic mass is 9.64. The second kappa shape index (κ2) is 4.07. The molecule has 3 rings (SSSR count). The molecule has 1 aliphatic carbocycles. The van der Waals surface area contributed by atoms with Crippen molar-refractivity contribution in [2.45, 2.75) is 52.3 Å². The molecule has 0 bridgehead atoms. The Kier molecular flexibility index (Phi) is 2.75. The third-order valence-electron chi connectivity index (χ3n) is 4.82. The maximum Gasteiger partial charge on any atom is 0.106 e. The first-order valence-corrected chi connectivity index (χ1v) is 6.85. The van der Waals surface area contributed by atoms with E-state index in [1.807, 2.05) is 7.11 Å². The number of imidazole rings is 1. The number of methoxy groups -OCH3 is 1. The molecule has 2 atom stereocenters. The first-order chi connectivity index (χ1) is 8.55. The maximum absolute atomic E-state index is 5.57. The number of aryl methyl sites for hydroxylation is 1. The van der Waals surface area contributed by atoms with Gasteiger partial charge in [0.2, 0.25) is 0 Å². The molecule has 1 N–H and O–H groups in total. The summed E-state index contributed by atoms with van der Waals surface area (Å²) in [6, 6.07) is 0.539. The van der Waals surface area contributed by atoms with Gasteiger partial charge in [0.25, 0.3) is 0 Å². The first-order valence-electron chi connectivity index (χ1n) is 6.85. The molecular weight excluding hydrogens is 226 g/mol. The van der Waals surface area contributed by atoms with Gasteiger partial charge < -0.3 is 14.6 Å². The van der Waals surface area contributed by atoms with Crippen molar-refractivity contribution in [1.29, 1.82) is 0 Å². The van der Waals surface area contributed by atoms with E-state index < -0.39 is 0 Å². The quantitative estimate of drug-likeness (QED) is 0.869. The van der Waals surface area contributed by atoms with Gasteiger partial charge in [0.1, 0.15) is 5.82 Å². The molecule has 0 aromatic carbocycles. The second-order valence-electron chi connectivity index (χ2n) is 6.15. The van der Waals surface area contributed by atoms with Crippen LogP contribution in [0.1, 0.15) is 43.5 Å². The van der Waals surface area contributed by atoms with Gasteiger partial charge >= 0.3 is 0 Å². The van der Waals surface area contributed by atoms with Crippen molar-refractivity contribution in [2.24, 2.45) is 5.41 Å². The monoisotopic (exact) mass is 249 g/mol. The molecule has 0 radical (unpaired) electrons. The average Bonchev–Trinajstić information content (AvgIpc) is 2.65. The number of nitrogens with zero attached hydrogens (tertiary/aromatic N) is 2. The van der Waals surface area contributed by atoms with Crippen molar-refractivity contribution in [3.63, 3.8) is 0 Å². The Balaban J connectivity index is 1.96. The van der Waals surface area contributed by atoms with E-state index in [9.17, 15) is 0 Å². The van der Waals surface area contributed by atoms with E-state index in [0.717, 1.165) is 31.8 Å². The fourth-order valence-corrected chi connectivity index (χ4v) is 3.58. The molecule has 0 spiro atoms. The van der Waals surface area contributed by atoms with Crippen LogP contribution in [0.2, 0.25) is 0 Å². The number of ether oxygens (including phenoxy) is 1. The molecule has 4 heteroatoms. The van der Waals surface area contributed by atoms with Gasteiger partial charge in [-0.2, -0.15) is 0 Å². The van der Waals surface area contributed by atoms with Gasteiger partial charge in [-0.15, -0.1) is 0 Å². The van der Waals surface area contributed by atoms with Gasteiger partial charge in [0.05, 0.1) is 11.8 Å². The van der Waals surface area contributed by atoms with E-state index in [1.54, 1.807) is 0 Å². The number of hydrogen-bond donors (Lipinski definition) is 1. The van der Waals surface area contributed by atoms with Crippen LogP contribution in [0.3, 0.4) is 0 Å². The molecule has 4 nitrogen and oxygen atoms in total. The molecule has 2 heterocycles. The Bertz CT molecular complexity index is 464. The SMILES string of the molecule is COC1CC(n2c(C)nc3c2CCNC3)C1(C)C. The van der Waals surface area contributed by atoms with Crippen molar-refractivity contribution < 1.29 is 4.74 Å². The average molecular weight is 249 g/mol. The molecule has 1 aromatic heterocycles. The van der Waals surface area contributed by atoms with Gasteiger partial charge in [-0.1, -0.05) is 13.8 Å². The summed E-state index contributed by atoms with van der Waals surface area (Å²) in [5, 5.41) is 3.40. The summed E-state index contributed by atoms with van der Waals surface area (Å²) in [6.07, 6.45) is 2.59. The van der Waals surface area contributed by atoms with Crippen LogP contribution in [-0.4, -0.2) is 29.3 Å². The highest BCUT2D eigenvalue weighted by Crippen LogP contribution is 2.52. The molecular formula is C14H23N3O. The van der Waals surface area contributed by atoms with Gasteiger partial charge in [0.15, 0.2) is 0 Å². The van der Waals surface area contributed by atoms with Gasteiger partial charge in [0, 0.05) is 43.8 Å². The van der Waals surface area contributed by atoms with E-state index in [1.165, 1.54) is 11.4 Å². The fourth-order valence-electron chi connectivity index (χ4n) is 3.58. The van der Waals surface area contributed by atoms with Gasteiger partial charge in [-0.3, -0.25) is 0 Å². The van der Waals surface area contributed by atoms with E-state index in [2.05, 4.69) is 30.7 Å². The summed E-state index contributed by atoms with van der Waals surface area (Å²) in [4.78, 5) is 4.73. The predicted octanol–water partition coefficient (Wildman–Crippen LogP) is 1.82. The zero-order valence-electron chi connectivity index (χ0n) is 11.8. The number of hydrogen-bond acceptors (Lipinski definition) is 3. The normalized spacial score (nSPS) is 29.8. The lowest BCUT2D eigenvalue weighted by molar-refractivity contribution is -0.114. The zero-order valence-corrected chi connectivity index (χ0v) is 11.8. The molecule has 100 valence electrons. The predicted molar refractivity (Wildman–Crippen MR) is 70.6 cm³/mol. The summed E-state index contributed by atoms with van der Waals surface area (Å²) in [6.45, 7) is 8.74. The van der Waals surface area contributed by atoms with Crippen LogP contribution in [0, 0.1) is 12.3 Å². The van der Waals surface area contributed by atoms with Crippen molar-refractivity contribution in [3.05, 3.63) is 17.2 Å². The largest absolute Gasteiger partial charge is 0.381 e. The molecule has 1 aliphatic heterocycles. The molecule has 18 heavy (non-hydrogen) atoms. The molecule has 2 aliphatic rings. The molecule has 1 fully saturated rings. The van der Waals surface area contributed by atoms with E-state index in [-0.39, 0.29) is 5.41 Å². The highest BCUT2D eigenvalue weighted by Gasteiger charge is 2.50. The molecule has 2 unspecified atom stereocenters. The van der Waals surface area contributed by atoms with Crippen LogP contribution in [-0.2, 0) is 17.7 Å². The van der Waals surface area contributed by atoms with Gasteiger partial charge in [-0.25, -0.2) is 4.98 Å². The number of aromatic nitrogens is 2. The third-order valence-corrected chi connectivity index (χ3v) is 4.82. The maximum atomic E-state index is 5.57. The lowest BCUT2D eigenvalue weighted by Gasteiger charge is -2.52. The van der Waals surface area contributed by atoms with E-state index >= 15 is 0 Å².